The molecule has 3 aromatic rings. The summed E-state index contributed by atoms with van der Waals surface area (Å²) in [5.74, 6) is 1.67. The van der Waals surface area contributed by atoms with E-state index in [4.69, 9.17) is 9.47 Å². The molecule has 3 aliphatic rings. The highest BCUT2D eigenvalue weighted by Gasteiger charge is 2.54. The number of hydrogen-bond donors (Lipinski definition) is 0. The number of carbonyl (C=O) groups excluding carboxylic acids is 1. The fourth-order valence-corrected chi connectivity index (χ4v) is 6.40. The van der Waals surface area contributed by atoms with Crippen LogP contribution in [0.15, 0.2) is 48.9 Å². The summed E-state index contributed by atoms with van der Waals surface area (Å²) in [7, 11) is 2.14. The molecule has 1 amide bonds. The van der Waals surface area contributed by atoms with Crippen molar-refractivity contribution in [1.82, 2.24) is 19.8 Å². The third kappa shape index (κ3) is 4.87. The number of aromatic nitrogens is 2. The van der Waals surface area contributed by atoms with Crippen LogP contribution in [0.2, 0.25) is 0 Å². The Labute approximate surface area is 234 Å². The maximum atomic E-state index is 14.2. The number of halogens is 1. The first-order valence-corrected chi connectivity index (χ1v) is 14.0. The van der Waals surface area contributed by atoms with Gasteiger partial charge in [0.05, 0.1) is 11.8 Å². The van der Waals surface area contributed by atoms with Crippen LogP contribution >= 0.6 is 0 Å². The summed E-state index contributed by atoms with van der Waals surface area (Å²) in [5.41, 5.74) is 3.07. The van der Waals surface area contributed by atoms with E-state index in [9.17, 15) is 9.18 Å². The predicted molar refractivity (Wildman–Crippen MR) is 150 cm³/mol. The van der Waals surface area contributed by atoms with Crippen LogP contribution in [0.1, 0.15) is 55.1 Å². The highest BCUT2D eigenvalue weighted by atomic mass is 19.1. The van der Waals surface area contributed by atoms with Crippen molar-refractivity contribution in [2.24, 2.45) is 5.41 Å². The molecule has 8 nitrogen and oxygen atoms in total. The van der Waals surface area contributed by atoms with E-state index in [1.54, 1.807) is 11.1 Å². The third-order valence-corrected chi connectivity index (χ3v) is 8.34. The van der Waals surface area contributed by atoms with Crippen molar-refractivity contribution in [2.75, 3.05) is 31.6 Å². The van der Waals surface area contributed by atoms with Crippen molar-refractivity contribution >= 4 is 11.7 Å². The van der Waals surface area contributed by atoms with Gasteiger partial charge in [-0.25, -0.2) is 14.4 Å². The summed E-state index contributed by atoms with van der Waals surface area (Å²) in [6, 6.07) is 10.4. The molecule has 1 spiro atoms. The molecule has 0 atom stereocenters. The molecule has 6 rings (SSSR count). The van der Waals surface area contributed by atoms with Gasteiger partial charge in [-0.1, -0.05) is 12.1 Å². The standard InChI is InChI=1S/C31H36FN5O3/c1-5-37(20(2)3)30(38)24-11-22(32)9-10-27(24)40-28-14-33-19-34-29(28)36-17-31(18-36)12-23(13-31)39-26-8-6-7-21-15-35(4)16-25(21)26/h6-11,14,19-20,23H,5,12-13,15-18H2,1-4H3. The van der Waals surface area contributed by atoms with Gasteiger partial charge in [0.15, 0.2) is 11.6 Å². The normalized spacial score (nSPS) is 17.9. The van der Waals surface area contributed by atoms with Crippen LogP contribution < -0.4 is 14.4 Å². The smallest absolute Gasteiger partial charge is 0.257 e. The minimum absolute atomic E-state index is 0.0269. The highest BCUT2D eigenvalue weighted by molar-refractivity contribution is 5.97. The molecule has 1 aliphatic carbocycles. The second kappa shape index (κ2) is 10.4. The molecule has 0 radical (unpaired) electrons. The molecule has 9 heteroatoms. The van der Waals surface area contributed by atoms with Crippen LogP contribution in [0.25, 0.3) is 0 Å². The Hall–Kier alpha value is -3.72. The zero-order valence-electron chi connectivity index (χ0n) is 23.6. The number of ether oxygens (including phenoxy) is 2. The molecule has 3 heterocycles. The van der Waals surface area contributed by atoms with Gasteiger partial charge in [0.1, 0.15) is 29.7 Å². The molecule has 2 aromatic carbocycles. The molecule has 40 heavy (non-hydrogen) atoms. The molecule has 1 aromatic heterocycles. The van der Waals surface area contributed by atoms with E-state index in [2.05, 4.69) is 45.0 Å². The Kier molecular flexibility index (Phi) is 6.86. The predicted octanol–water partition coefficient (Wildman–Crippen LogP) is 5.27. The number of hydrogen-bond acceptors (Lipinski definition) is 7. The van der Waals surface area contributed by atoms with Crippen molar-refractivity contribution in [2.45, 2.75) is 58.8 Å². The number of amides is 1. The molecule has 2 aliphatic heterocycles. The van der Waals surface area contributed by atoms with Crippen LogP contribution in [0.5, 0.6) is 17.2 Å². The molecule has 210 valence electrons. The van der Waals surface area contributed by atoms with Gasteiger partial charge in [0.25, 0.3) is 5.91 Å². The third-order valence-electron chi connectivity index (χ3n) is 8.34. The number of fused-ring (bicyclic) bond motifs is 1. The van der Waals surface area contributed by atoms with Crippen LogP contribution in [-0.4, -0.2) is 64.5 Å². The number of carbonyl (C=O) groups is 1. The van der Waals surface area contributed by atoms with E-state index in [-0.39, 0.29) is 34.8 Å². The summed E-state index contributed by atoms with van der Waals surface area (Å²) in [5, 5.41) is 0. The summed E-state index contributed by atoms with van der Waals surface area (Å²) < 4.78 is 26.9. The fourth-order valence-electron chi connectivity index (χ4n) is 6.40. The lowest BCUT2D eigenvalue weighted by Gasteiger charge is -2.59. The van der Waals surface area contributed by atoms with E-state index in [1.165, 1.54) is 35.7 Å². The lowest BCUT2D eigenvalue weighted by molar-refractivity contribution is -0.0349. The maximum Gasteiger partial charge on any atom is 0.257 e. The molecule has 0 N–H and O–H groups in total. The molecule has 2 fully saturated rings. The largest absolute Gasteiger partial charge is 0.490 e. The van der Waals surface area contributed by atoms with Crippen LogP contribution in [0, 0.1) is 11.2 Å². The minimum Gasteiger partial charge on any atom is -0.490 e. The molecule has 0 bridgehead atoms. The average Bonchev–Trinajstić information content (AvgIpc) is 3.27. The summed E-state index contributed by atoms with van der Waals surface area (Å²) >= 11 is 0. The Morgan fingerprint density at radius 2 is 1.95 bits per heavy atom. The maximum absolute atomic E-state index is 14.2. The van der Waals surface area contributed by atoms with Crippen molar-refractivity contribution in [3.8, 4) is 17.2 Å². The topological polar surface area (TPSA) is 71.0 Å². The van der Waals surface area contributed by atoms with Crippen molar-refractivity contribution in [3.05, 3.63) is 71.4 Å². The Bertz CT molecular complexity index is 1420. The van der Waals surface area contributed by atoms with Crippen molar-refractivity contribution < 1.29 is 18.7 Å². The minimum atomic E-state index is -0.487. The second-order valence-electron chi connectivity index (χ2n) is 11.7. The first-order chi connectivity index (χ1) is 19.2. The molecular formula is C31H36FN5O3. The number of benzene rings is 2. The van der Waals surface area contributed by atoms with E-state index in [0.29, 0.717) is 18.1 Å². The van der Waals surface area contributed by atoms with Gasteiger partial charge in [0.2, 0.25) is 0 Å². The summed E-state index contributed by atoms with van der Waals surface area (Å²) in [6.45, 7) is 9.89. The van der Waals surface area contributed by atoms with Gasteiger partial charge >= 0.3 is 0 Å². The summed E-state index contributed by atoms with van der Waals surface area (Å²) in [6.07, 6.45) is 5.33. The zero-order valence-corrected chi connectivity index (χ0v) is 23.6. The Balaban J connectivity index is 1.13. The van der Waals surface area contributed by atoms with Gasteiger partial charge in [-0.15, -0.1) is 0 Å². The van der Waals surface area contributed by atoms with Crippen molar-refractivity contribution in [1.29, 1.82) is 0 Å². The van der Waals surface area contributed by atoms with E-state index < -0.39 is 5.82 Å². The van der Waals surface area contributed by atoms with Gasteiger partial charge in [-0.2, -0.15) is 0 Å². The lowest BCUT2D eigenvalue weighted by atomic mass is 9.61. The van der Waals surface area contributed by atoms with Crippen LogP contribution in [0.4, 0.5) is 10.2 Å². The van der Waals surface area contributed by atoms with Gasteiger partial charge < -0.3 is 19.3 Å². The number of nitrogens with zero attached hydrogens (tertiary/aromatic N) is 5. The van der Waals surface area contributed by atoms with Crippen LogP contribution in [0.3, 0.4) is 0 Å². The van der Waals surface area contributed by atoms with E-state index in [0.717, 1.165) is 44.8 Å². The lowest BCUT2D eigenvalue weighted by Crippen LogP contribution is -2.65. The zero-order chi connectivity index (χ0) is 28.0. The van der Waals surface area contributed by atoms with Gasteiger partial charge in [-0.3, -0.25) is 9.69 Å². The Morgan fingerprint density at radius 1 is 1.15 bits per heavy atom. The van der Waals surface area contributed by atoms with E-state index in [1.807, 2.05) is 20.8 Å². The van der Waals surface area contributed by atoms with E-state index >= 15 is 0 Å². The Morgan fingerprint density at radius 3 is 2.70 bits per heavy atom. The summed E-state index contributed by atoms with van der Waals surface area (Å²) in [4.78, 5) is 28.1. The fraction of sp³-hybridized carbons (Fsp3) is 0.452. The number of rotatable bonds is 8. The SMILES string of the molecule is CCN(C(=O)c1cc(F)ccc1Oc1cncnc1N1CC2(CC(Oc3cccc4c3CN(C)C4)C2)C1)C(C)C. The first kappa shape index (κ1) is 26.5. The van der Waals surface area contributed by atoms with Gasteiger partial charge in [0, 0.05) is 49.7 Å². The highest BCUT2D eigenvalue weighted by Crippen LogP contribution is 2.52. The van der Waals surface area contributed by atoms with Gasteiger partial charge in [-0.05, 0) is 70.5 Å². The molecule has 1 saturated carbocycles. The molecular weight excluding hydrogens is 509 g/mol. The molecule has 0 unspecified atom stereocenters. The van der Waals surface area contributed by atoms with Crippen molar-refractivity contribution in [3.63, 3.8) is 0 Å². The second-order valence-corrected chi connectivity index (χ2v) is 11.7. The quantitative estimate of drug-likeness (QED) is 0.382. The average molecular weight is 546 g/mol. The number of anilines is 1. The molecule has 1 saturated heterocycles. The monoisotopic (exact) mass is 545 g/mol. The van der Waals surface area contributed by atoms with Crippen LogP contribution in [-0.2, 0) is 13.1 Å². The first-order valence-electron chi connectivity index (χ1n) is 14.0.